The van der Waals surface area contributed by atoms with Crippen molar-refractivity contribution in [2.45, 2.75) is 0 Å². The Morgan fingerprint density at radius 2 is 0.725 bits per heavy atom. The van der Waals surface area contributed by atoms with E-state index < -0.39 is 0 Å². The van der Waals surface area contributed by atoms with E-state index in [-0.39, 0.29) is 0 Å². The van der Waals surface area contributed by atoms with Crippen LogP contribution in [-0.4, -0.2) is 13.7 Å². The number of rotatable bonds is 4. The maximum absolute atomic E-state index is 2.43. The topological polar surface area (TPSA) is 14.8 Å². The number of aromatic nitrogens is 3. The van der Waals surface area contributed by atoms with E-state index in [2.05, 4.69) is 202 Å². The molecule has 3 heterocycles. The fourth-order valence-electron chi connectivity index (χ4n) is 8.47. The van der Waals surface area contributed by atoms with Crippen LogP contribution in [0.15, 0.2) is 188 Å². The van der Waals surface area contributed by atoms with Crippen molar-refractivity contribution in [1.29, 1.82) is 0 Å². The molecule has 238 valence electrons. The van der Waals surface area contributed by atoms with Crippen LogP contribution >= 0.6 is 0 Å². The van der Waals surface area contributed by atoms with Crippen molar-refractivity contribution in [3.05, 3.63) is 188 Å². The first-order valence-electron chi connectivity index (χ1n) is 17.5. The summed E-state index contributed by atoms with van der Waals surface area (Å²) in [7, 11) is 0. The third kappa shape index (κ3) is 4.06. The van der Waals surface area contributed by atoms with Gasteiger partial charge in [-0.05, 0) is 72.3 Å². The van der Waals surface area contributed by atoms with Crippen molar-refractivity contribution < 1.29 is 0 Å². The highest BCUT2D eigenvalue weighted by Gasteiger charge is 2.19. The Labute approximate surface area is 294 Å². The first-order valence-corrected chi connectivity index (χ1v) is 17.5. The van der Waals surface area contributed by atoms with Gasteiger partial charge in [-0.25, -0.2) is 0 Å². The molecule has 0 fully saturated rings. The Hall–Kier alpha value is -6.84. The molecule has 11 aromatic rings. The SMILES string of the molecule is c1ccc(-n2c3ccccc3c3ccc(-n4c5ccccc5c5cc(-c6ccccc6-n6c7ccccc7c7ccccc76)ccc54)cc32)cc1. The molecule has 0 atom stereocenters. The quantitative estimate of drug-likeness (QED) is 0.180. The Balaban J connectivity index is 1.14. The van der Waals surface area contributed by atoms with Gasteiger partial charge in [-0.15, -0.1) is 0 Å². The Bertz CT molecular complexity index is 3080. The van der Waals surface area contributed by atoms with Crippen LogP contribution in [-0.2, 0) is 0 Å². The predicted molar refractivity (Wildman–Crippen MR) is 215 cm³/mol. The van der Waals surface area contributed by atoms with E-state index in [1.807, 2.05) is 0 Å². The highest BCUT2D eigenvalue weighted by molar-refractivity contribution is 6.13. The Morgan fingerprint density at radius 3 is 1.37 bits per heavy atom. The minimum Gasteiger partial charge on any atom is -0.309 e. The fourth-order valence-corrected chi connectivity index (χ4v) is 8.47. The molecule has 0 aliphatic rings. The highest BCUT2D eigenvalue weighted by Crippen LogP contribution is 2.40. The summed E-state index contributed by atoms with van der Waals surface area (Å²) in [5, 5.41) is 7.53. The maximum Gasteiger partial charge on any atom is 0.0561 e. The number of benzene rings is 8. The van der Waals surface area contributed by atoms with Crippen molar-refractivity contribution >= 4 is 65.4 Å². The van der Waals surface area contributed by atoms with Gasteiger partial charge in [0, 0.05) is 49.3 Å². The molecule has 0 aliphatic heterocycles. The summed E-state index contributed by atoms with van der Waals surface area (Å²) in [5.41, 5.74) is 13.1. The standard InChI is InChI=1S/C48H31N3/c1-2-14-33(15-3-1)49-43-22-10-5-19-38(43)40-28-27-34(31-48(40)49)50-44-23-11-8-20-39(44)41-30-32(26-29-47(41)50)35-16-4-9-21-42(35)51-45-24-12-6-17-36(45)37-18-7-13-25-46(37)51/h1-31H. The van der Waals surface area contributed by atoms with Crippen LogP contribution in [0, 0.1) is 0 Å². The minimum absolute atomic E-state index is 1.15. The van der Waals surface area contributed by atoms with Crippen molar-refractivity contribution in [1.82, 2.24) is 13.7 Å². The summed E-state index contributed by atoms with van der Waals surface area (Å²) >= 11 is 0. The lowest BCUT2D eigenvalue weighted by atomic mass is 10.0. The van der Waals surface area contributed by atoms with Crippen molar-refractivity contribution in [3.8, 4) is 28.2 Å². The smallest absolute Gasteiger partial charge is 0.0561 e. The molecule has 0 bridgehead atoms. The van der Waals surface area contributed by atoms with Gasteiger partial charge in [0.2, 0.25) is 0 Å². The number of para-hydroxylation sites is 6. The zero-order chi connectivity index (χ0) is 33.5. The van der Waals surface area contributed by atoms with E-state index in [4.69, 9.17) is 0 Å². The van der Waals surface area contributed by atoms with E-state index in [1.54, 1.807) is 0 Å². The zero-order valence-electron chi connectivity index (χ0n) is 27.7. The van der Waals surface area contributed by atoms with E-state index in [9.17, 15) is 0 Å². The minimum atomic E-state index is 1.15. The second kappa shape index (κ2) is 10.8. The molecule has 51 heavy (non-hydrogen) atoms. The predicted octanol–water partition coefficient (Wildman–Crippen LogP) is 12.6. The van der Waals surface area contributed by atoms with Crippen molar-refractivity contribution in [2.75, 3.05) is 0 Å². The summed E-state index contributed by atoms with van der Waals surface area (Å²) in [6.45, 7) is 0. The van der Waals surface area contributed by atoms with Gasteiger partial charge in [-0.3, -0.25) is 0 Å². The van der Waals surface area contributed by atoms with Crippen LogP contribution in [0.1, 0.15) is 0 Å². The van der Waals surface area contributed by atoms with Crippen LogP contribution in [0.4, 0.5) is 0 Å². The Morgan fingerprint density at radius 1 is 0.255 bits per heavy atom. The summed E-state index contributed by atoms with van der Waals surface area (Å²) in [6, 6.07) is 68.4. The third-order valence-corrected chi connectivity index (χ3v) is 10.6. The van der Waals surface area contributed by atoms with Crippen LogP contribution in [0.5, 0.6) is 0 Å². The number of fused-ring (bicyclic) bond motifs is 9. The lowest BCUT2D eigenvalue weighted by Crippen LogP contribution is -1.97. The van der Waals surface area contributed by atoms with Gasteiger partial charge in [0.25, 0.3) is 0 Å². The highest BCUT2D eigenvalue weighted by atomic mass is 15.0. The van der Waals surface area contributed by atoms with Crippen molar-refractivity contribution in [3.63, 3.8) is 0 Å². The van der Waals surface area contributed by atoms with Gasteiger partial charge in [-0.2, -0.15) is 0 Å². The normalized spacial score (nSPS) is 11.9. The van der Waals surface area contributed by atoms with Gasteiger partial charge >= 0.3 is 0 Å². The number of hydrogen-bond donors (Lipinski definition) is 0. The average molecular weight is 650 g/mol. The van der Waals surface area contributed by atoms with Crippen LogP contribution in [0.2, 0.25) is 0 Å². The maximum atomic E-state index is 2.43. The molecule has 0 saturated heterocycles. The zero-order valence-corrected chi connectivity index (χ0v) is 27.7. The lowest BCUT2D eigenvalue weighted by molar-refractivity contribution is 1.15. The molecule has 0 saturated carbocycles. The molecule has 8 aromatic carbocycles. The first-order chi connectivity index (χ1) is 25.3. The van der Waals surface area contributed by atoms with Gasteiger partial charge in [0.15, 0.2) is 0 Å². The molecule has 0 N–H and O–H groups in total. The van der Waals surface area contributed by atoms with Crippen molar-refractivity contribution in [2.24, 2.45) is 0 Å². The Kier molecular flexibility index (Phi) is 5.96. The van der Waals surface area contributed by atoms with Crippen LogP contribution in [0.25, 0.3) is 93.6 Å². The average Bonchev–Trinajstić information content (AvgIpc) is 3.83. The van der Waals surface area contributed by atoms with Crippen LogP contribution < -0.4 is 0 Å². The monoisotopic (exact) mass is 649 g/mol. The molecule has 3 aromatic heterocycles. The third-order valence-electron chi connectivity index (χ3n) is 10.6. The number of nitrogens with zero attached hydrogens (tertiary/aromatic N) is 3. The summed E-state index contributed by atoms with van der Waals surface area (Å²) < 4.78 is 7.25. The largest absolute Gasteiger partial charge is 0.309 e. The second-order valence-electron chi connectivity index (χ2n) is 13.4. The van der Waals surface area contributed by atoms with E-state index in [1.165, 1.54) is 82.2 Å². The molecular weight excluding hydrogens is 619 g/mol. The summed E-state index contributed by atoms with van der Waals surface area (Å²) in [6.07, 6.45) is 0. The molecule has 3 heteroatoms. The summed E-state index contributed by atoms with van der Waals surface area (Å²) in [4.78, 5) is 0. The molecule has 0 radical (unpaired) electrons. The molecule has 3 nitrogen and oxygen atoms in total. The molecule has 0 aliphatic carbocycles. The molecule has 0 unspecified atom stereocenters. The molecule has 0 amide bonds. The first kappa shape index (κ1) is 28.0. The van der Waals surface area contributed by atoms with E-state index in [0.717, 1.165) is 11.4 Å². The van der Waals surface area contributed by atoms with E-state index in [0.29, 0.717) is 0 Å². The van der Waals surface area contributed by atoms with Gasteiger partial charge < -0.3 is 13.7 Å². The summed E-state index contributed by atoms with van der Waals surface area (Å²) in [5.74, 6) is 0. The second-order valence-corrected chi connectivity index (χ2v) is 13.4. The van der Waals surface area contributed by atoms with Gasteiger partial charge in [-0.1, -0.05) is 121 Å². The van der Waals surface area contributed by atoms with Gasteiger partial charge in [0.05, 0.1) is 38.8 Å². The lowest BCUT2D eigenvalue weighted by Gasteiger charge is -2.14. The van der Waals surface area contributed by atoms with Gasteiger partial charge in [0.1, 0.15) is 0 Å². The molecule has 0 spiro atoms. The van der Waals surface area contributed by atoms with E-state index >= 15 is 0 Å². The molecular formula is C48H31N3. The fraction of sp³-hybridized carbons (Fsp3) is 0. The van der Waals surface area contributed by atoms with Crippen LogP contribution in [0.3, 0.4) is 0 Å². The number of hydrogen-bond acceptors (Lipinski definition) is 0. The molecule has 11 rings (SSSR count).